The molecule has 1 rings (SSSR count). The van der Waals surface area contributed by atoms with Gasteiger partial charge in [-0.1, -0.05) is 0 Å². The summed E-state index contributed by atoms with van der Waals surface area (Å²) in [5.74, 6) is -2.32. The summed E-state index contributed by atoms with van der Waals surface area (Å²) in [7, 11) is 0. The third-order valence-corrected chi connectivity index (χ3v) is 2.11. The number of hydrogen-bond acceptors (Lipinski definition) is 5. The molecule has 0 aromatic heterocycles. The molecule has 1 aromatic carbocycles. The standard InChI is InChI=1S/C10H10N2O6/c1-5(9(11)13)18-8-3-2-6(12(16)17)4-7(8)10(14)15/h2-5H,1H3,(H2,11,13)(H,14,15). The number of carboxylic acid groups (broad SMARTS) is 1. The van der Waals surface area contributed by atoms with Gasteiger partial charge in [0.05, 0.1) is 4.92 Å². The quantitative estimate of drug-likeness (QED) is 0.582. The number of nitro groups is 1. The first kappa shape index (κ1) is 13.4. The summed E-state index contributed by atoms with van der Waals surface area (Å²) in [6, 6.07) is 3.04. The van der Waals surface area contributed by atoms with Crippen molar-refractivity contribution < 1.29 is 24.4 Å². The van der Waals surface area contributed by atoms with Crippen LogP contribution in [-0.2, 0) is 4.79 Å². The van der Waals surface area contributed by atoms with Crippen molar-refractivity contribution in [3.63, 3.8) is 0 Å². The van der Waals surface area contributed by atoms with Crippen LogP contribution in [0.3, 0.4) is 0 Å². The van der Waals surface area contributed by atoms with Gasteiger partial charge in [-0.2, -0.15) is 0 Å². The van der Waals surface area contributed by atoms with Gasteiger partial charge in [-0.3, -0.25) is 14.9 Å². The van der Waals surface area contributed by atoms with E-state index in [4.69, 9.17) is 15.6 Å². The van der Waals surface area contributed by atoms with Gasteiger partial charge in [0.25, 0.3) is 11.6 Å². The van der Waals surface area contributed by atoms with E-state index in [1.165, 1.54) is 6.92 Å². The molecule has 1 amide bonds. The van der Waals surface area contributed by atoms with Gasteiger partial charge in [0.2, 0.25) is 0 Å². The van der Waals surface area contributed by atoms with Gasteiger partial charge in [-0.15, -0.1) is 0 Å². The largest absolute Gasteiger partial charge is 0.480 e. The summed E-state index contributed by atoms with van der Waals surface area (Å²) in [4.78, 5) is 31.5. The summed E-state index contributed by atoms with van der Waals surface area (Å²) in [5, 5.41) is 19.4. The number of non-ortho nitro benzene ring substituents is 1. The van der Waals surface area contributed by atoms with E-state index in [9.17, 15) is 19.7 Å². The van der Waals surface area contributed by atoms with Gasteiger partial charge in [0.1, 0.15) is 11.3 Å². The van der Waals surface area contributed by atoms with Crippen molar-refractivity contribution in [1.82, 2.24) is 0 Å². The van der Waals surface area contributed by atoms with Crippen LogP contribution in [0.5, 0.6) is 5.75 Å². The highest BCUT2D eigenvalue weighted by molar-refractivity contribution is 5.92. The molecule has 1 atom stereocenters. The summed E-state index contributed by atoms with van der Waals surface area (Å²) in [6.07, 6.45) is -1.04. The van der Waals surface area contributed by atoms with Crippen LogP contribution in [0.4, 0.5) is 5.69 Å². The van der Waals surface area contributed by atoms with E-state index in [2.05, 4.69) is 0 Å². The van der Waals surface area contributed by atoms with Crippen LogP contribution in [0.25, 0.3) is 0 Å². The van der Waals surface area contributed by atoms with Crippen molar-refractivity contribution in [3.8, 4) is 5.75 Å². The summed E-state index contributed by atoms with van der Waals surface area (Å²) < 4.78 is 5.02. The first-order valence-electron chi connectivity index (χ1n) is 4.80. The van der Waals surface area contributed by atoms with Crippen molar-refractivity contribution in [3.05, 3.63) is 33.9 Å². The Hall–Kier alpha value is -2.64. The number of benzene rings is 1. The number of carbonyl (C=O) groups is 2. The van der Waals surface area contributed by atoms with Gasteiger partial charge < -0.3 is 15.6 Å². The summed E-state index contributed by atoms with van der Waals surface area (Å²) in [6.45, 7) is 1.34. The molecule has 1 aromatic rings. The fourth-order valence-electron chi connectivity index (χ4n) is 1.15. The van der Waals surface area contributed by atoms with Gasteiger partial charge in [-0.05, 0) is 13.0 Å². The molecule has 0 aliphatic carbocycles. The molecule has 1 unspecified atom stereocenters. The molecule has 18 heavy (non-hydrogen) atoms. The number of amides is 1. The molecule has 0 aliphatic rings. The van der Waals surface area contributed by atoms with E-state index in [0.29, 0.717) is 0 Å². The molecule has 0 fully saturated rings. The lowest BCUT2D eigenvalue weighted by Gasteiger charge is -2.12. The number of hydrogen-bond donors (Lipinski definition) is 2. The van der Waals surface area contributed by atoms with Crippen molar-refractivity contribution in [1.29, 1.82) is 0 Å². The Kier molecular flexibility index (Phi) is 3.82. The molecule has 0 heterocycles. The molecule has 8 nitrogen and oxygen atoms in total. The fourth-order valence-corrected chi connectivity index (χ4v) is 1.15. The molecule has 0 bridgehead atoms. The second-order valence-electron chi connectivity index (χ2n) is 3.41. The van der Waals surface area contributed by atoms with Crippen LogP contribution in [0.1, 0.15) is 17.3 Å². The smallest absolute Gasteiger partial charge is 0.339 e. The van der Waals surface area contributed by atoms with Gasteiger partial charge >= 0.3 is 5.97 Å². The zero-order chi connectivity index (χ0) is 13.9. The molecule has 3 N–H and O–H groups in total. The normalized spacial score (nSPS) is 11.6. The maximum atomic E-state index is 10.9. The number of primary amides is 1. The third kappa shape index (κ3) is 2.94. The van der Waals surface area contributed by atoms with Crippen LogP contribution in [0.15, 0.2) is 18.2 Å². The molecular formula is C10H10N2O6. The third-order valence-electron chi connectivity index (χ3n) is 2.11. The Labute approximate surface area is 101 Å². The highest BCUT2D eigenvalue weighted by Gasteiger charge is 2.20. The first-order chi connectivity index (χ1) is 8.32. The number of rotatable bonds is 5. The summed E-state index contributed by atoms with van der Waals surface area (Å²) in [5.41, 5.74) is 4.18. The number of ether oxygens (including phenoxy) is 1. The molecule has 0 aliphatic heterocycles. The van der Waals surface area contributed by atoms with Crippen LogP contribution in [0.2, 0.25) is 0 Å². The van der Waals surface area contributed by atoms with Crippen molar-refractivity contribution in [2.24, 2.45) is 5.73 Å². The van der Waals surface area contributed by atoms with Gasteiger partial charge in [-0.25, -0.2) is 4.79 Å². The van der Waals surface area contributed by atoms with Crippen LogP contribution in [-0.4, -0.2) is 28.0 Å². The molecule has 0 spiro atoms. The zero-order valence-electron chi connectivity index (χ0n) is 9.32. The number of nitro benzene ring substituents is 1. The lowest BCUT2D eigenvalue weighted by atomic mass is 10.1. The van der Waals surface area contributed by atoms with Gasteiger partial charge in [0, 0.05) is 12.1 Å². The minimum Gasteiger partial charge on any atom is -0.480 e. The van der Waals surface area contributed by atoms with Crippen molar-refractivity contribution in [2.75, 3.05) is 0 Å². The minimum absolute atomic E-state index is 0.153. The Bertz CT molecular complexity index is 513. The zero-order valence-corrected chi connectivity index (χ0v) is 9.32. The average Bonchev–Trinajstić information content (AvgIpc) is 2.28. The molecule has 0 saturated heterocycles. The maximum absolute atomic E-state index is 10.9. The SMILES string of the molecule is CC(Oc1ccc([N+](=O)[O-])cc1C(=O)O)C(N)=O. The molecule has 96 valence electrons. The second kappa shape index (κ2) is 5.13. The Morgan fingerprint density at radius 3 is 2.56 bits per heavy atom. The predicted molar refractivity (Wildman–Crippen MR) is 59.3 cm³/mol. The Morgan fingerprint density at radius 2 is 2.11 bits per heavy atom. The lowest BCUT2D eigenvalue weighted by Crippen LogP contribution is -2.31. The Morgan fingerprint density at radius 1 is 1.50 bits per heavy atom. The van der Waals surface area contributed by atoms with Gasteiger partial charge in [0.15, 0.2) is 6.10 Å². The molecule has 0 radical (unpaired) electrons. The summed E-state index contributed by atoms with van der Waals surface area (Å²) >= 11 is 0. The average molecular weight is 254 g/mol. The van der Waals surface area contributed by atoms with E-state index in [0.717, 1.165) is 18.2 Å². The minimum atomic E-state index is -1.40. The molecule has 8 heteroatoms. The Balaban J connectivity index is 3.16. The predicted octanol–water partition coefficient (Wildman–Crippen LogP) is 0.546. The fraction of sp³-hybridized carbons (Fsp3) is 0.200. The van der Waals surface area contributed by atoms with E-state index in [1.807, 2.05) is 0 Å². The maximum Gasteiger partial charge on any atom is 0.339 e. The van der Waals surface area contributed by atoms with E-state index in [1.54, 1.807) is 0 Å². The number of aromatic carboxylic acids is 1. The monoisotopic (exact) mass is 254 g/mol. The van der Waals surface area contributed by atoms with Crippen molar-refractivity contribution in [2.45, 2.75) is 13.0 Å². The first-order valence-corrected chi connectivity index (χ1v) is 4.80. The highest BCUT2D eigenvalue weighted by atomic mass is 16.6. The van der Waals surface area contributed by atoms with E-state index >= 15 is 0 Å². The van der Waals surface area contributed by atoms with E-state index < -0.39 is 28.5 Å². The van der Waals surface area contributed by atoms with E-state index in [-0.39, 0.29) is 11.4 Å². The highest BCUT2D eigenvalue weighted by Crippen LogP contribution is 2.25. The second-order valence-corrected chi connectivity index (χ2v) is 3.41. The van der Waals surface area contributed by atoms with Crippen molar-refractivity contribution >= 4 is 17.6 Å². The number of carboxylic acids is 1. The number of nitrogens with zero attached hydrogens (tertiary/aromatic N) is 1. The van der Waals surface area contributed by atoms with Crippen LogP contribution < -0.4 is 10.5 Å². The lowest BCUT2D eigenvalue weighted by molar-refractivity contribution is -0.384. The number of nitrogens with two attached hydrogens (primary N) is 1. The molecular weight excluding hydrogens is 244 g/mol. The molecule has 0 saturated carbocycles. The van der Waals surface area contributed by atoms with Crippen LogP contribution >= 0.6 is 0 Å². The van der Waals surface area contributed by atoms with Crippen LogP contribution in [0, 0.1) is 10.1 Å². The topological polar surface area (TPSA) is 133 Å². The number of carbonyl (C=O) groups excluding carboxylic acids is 1.